The van der Waals surface area contributed by atoms with Crippen LogP contribution in [0.3, 0.4) is 0 Å². The molecule has 2 aromatic heterocycles. The average molecular weight is 311 g/mol. The molecule has 1 amide bonds. The summed E-state index contributed by atoms with van der Waals surface area (Å²) in [6, 6.07) is 7.25. The van der Waals surface area contributed by atoms with Gasteiger partial charge < -0.3 is 10.4 Å². The van der Waals surface area contributed by atoms with Gasteiger partial charge in [-0.2, -0.15) is 10.2 Å². The van der Waals surface area contributed by atoms with Crippen molar-refractivity contribution in [2.24, 2.45) is 7.05 Å². The standard InChI is InChI=1S/C16H17N5O2/c1-3-4-14(17-16(22)23)15-7-8-21(19-15)12-5-6-13-11(9-12)10-20(2)18-13/h3,5-10,14,17H,1,4H2,2H3,(H,22,23)/t14-/m0/s1. The number of nitrogens with zero attached hydrogens (tertiary/aromatic N) is 4. The first-order chi connectivity index (χ1) is 11.1. The van der Waals surface area contributed by atoms with Gasteiger partial charge in [0, 0.05) is 24.8 Å². The molecule has 23 heavy (non-hydrogen) atoms. The molecule has 0 bridgehead atoms. The number of hydrogen-bond donors (Lipinski definition) is 2. The van der Waals surface area contributed by atoms with E-state index in [9.17, 15) is 4.79 Å². The van der Waals surface area contributed by atoms with Crippen LogP contribution in [0.15, 0.2) is 49.3 Å². The number of amides is 1. The molecule has 0 saturated heterocycles. The Bertz CT molecular complexity index is 864. The van der Waals surface area contributed by atoms with Crippen molar-refractivity contribution in [1.82, 2.24) is 24.9 Å². The second-order valence-corrected chi connectivity index (χ2v) is 5.26. The van der Waals surface area contributed by atoms with Gasteiger partial charge in [-0.15, -0.1) is 6.58 Å². The Labute approximate surface area is 132 Å². The quantitative estimate of drug-likeness (QED) is 0.709. The lowest BCUT2D eigenvalue weighted by Crippen LogP contribution is -2.26. The minimum absolute atomic E-state index is 0.409. The highest BCUT2D eigenvalue weighted by Crippen LogP contribution is 2.20. The smallest absolute Gasteiger partial charge is 0.405 e. The lowest BCUT2D eigenvalue weighted by atomic mass is 10.1. The van der Waals surface area contributed by atoms with Crippen LogP contribution in [0.5, 0.6) is 0 Å². The highest BCUT2D eigenvalue weighted by Gasteiger charge is 2.15. The number of carboxylic acid groups (broad SMARTS) is 1. The first-order valence-corrected chi connectivity index (χ1v) is 7.16. The normalized spacial score (nSPS) is 12.2. The van der Waals surface area contributed by atoms with E-state index in [1.54, 1.807) is 21.5 Å². The Morgan fingerprint density at radius 1 is 1.43 bits per heavy atom. The largest absolute Gasteiger partial charge is 0.465 e. The summed E-state index contributed by atoms with van der Waals surface area (Å²) < 4.78 is 3.49. The van der Waals surface area contributed by atoms with Crippen LogP contribution >= 0.6 is 0 Å². The van der Waals surface area contributed by atoms with Crippen molar-refractivity contribution in [3.63, 3.8) is 0 Å². The average Bonchev–Trinajstić information content (AvgIpc) is 3.10. The summed E-state index contributed by atoms with van der Waals surface area (Å²) in [5, 5.41) is 21.2. The molecule has 2 heterocycles. The first-order valence-electron chi connectivity index (χ1n) is 7.16. The summed E-state index contributed by atoms with van der Waals surface area (Å²) in [6.45, 7) is 3.66. The van der Waals surface area contributed by atoms with Gasteiger partial charge in [-0.1, -0.05) is 6.08 Å². The number of fused-ring (bicyclic) bond motifs is 1. The van der Waals surface area contributed by atoms with Crippen LogP contribution in [-0.2, 0) is 7.05 Å². The summed E-state index contributed by atoms with van der Waals surface area (Å²) >= 11 is 0. The van der Waals surface area contributed by atoms with Crippen LogP contribution in [0.1, 0.15) is 18.2 Å². The number of carbonyl (C=O) groups is 1. The molecule has 3 aromatic rings. The number of rotatable bonds is 5. The third kappa shape index (κ3) is 3.08. The minimum Gasteiger partial charge on any atom is -0.465 e. The van der Waals surface area contributed by atoms with E-state index in [-0.39, 0.29) is 0 Å². The molecule has 118 valence electrons. The van der Waals surface area contributed by atoms with Crippen LogP contribution in [0.25, 0.3) is 16.6 Å². The summed E-state index contributed by atoms with van der Waals surface area (Å²) in [5.41, 5.74) is 2.46. The van der Waals surface area contributed by atoms with Gasteiger partial charge in [0.1, 0.15) is 0 Å². The molecule has 0 fully saturated rings. The van der Waals surface area contributed by atoms with E-state index >= 15 is 0 Å². The predicted molar refractivity (Wildman–Crippen MR) is 86.6 cm³/mol. The van der Waals surface area contributed by atoms with Crippen molar-refractivity contribution >= 4 is 17.0 Å². The predicted octanol–water partition coefficient (Wildman–Crippen LogP) is 2.64. The molecule has 0 spiro atoms. The fraction of sp³-hybridized carbons (Fsp3) is 0.188. The zero-order valence-corrected chi connectivity index (χ0v) is 12.7. The number of hydrogen-bond acceptors (Lipinski definition) is 3. The fourth-order valence-electron chi connectivity index (χ4n) is 2.52. The summed E-state index contributed by atoms with van der Waals surface area (Å²) in [4.78, 5) is 10.9. The zero-order valence-electron chi connectivity index (χ0n) is 12.7. The van der Waals surface area contributed by atoms with Crippen LogP contribution in [-0.4, -0.2) is 30.8 Å². The third-order valence-corrected chi connectivity index (χ3v) is 3.53. The molecule has 2 N–H and O–H groups in total. The molecular formula is C16H17N5O2. The van der Waals surface area contributed by atoms with Gasteiger partial charge in [0.2, 0.25) is 0 Å². The van der Waals surface area contributed by atoms with Crippen molar-refractivity contribution in [3.05, 3.63) is 55.0 Å². The fourth-order valence-corrected chi connectivity index (χ4v) is 2.52. The zero-order chi connectivity index (χ0) is 16.4. The van der Waals surface area contributed by atoms with E-state index < -0.39 is 12.1 Å². The number of aryl methyl sites for hydroxylation is 1. The molecular weight excluding hydrogens is 294 g/mol. The lowest BCUT2D eigenvalue weighted by molar-refractivity contribution is 0.189. The Morgan fingerprint density at radius 3 is 3.00 bits per heavy atom. The molecule has 1 atom stereocenters. The highest BCUT2D eigenvalue weighted by atomic mass is 16.4. The lowest BCUT2D eigenvalue weighted by Gasteiger charge is -2.12. The Hall–Kier alpha value is -3.09. The molecule has 0 saturated carbocycles. The van der Waals surface area contributed by atoms with E-state index in [0.717, 1.165) is 16.6 Å². The van der Waals surface area contributed by atoms with E-state index in [2.05, 4.69) is 22.1 Å². The topological polar surface area (TPSA) is 85.0 Å². The molecule has 1 aromatic carbocycles. The van der Waals surface area contributed by atoms with Gasteiger partial charge in [0.05, 0.1) is 22.9 Å². The Morgan fingerprint density at radius 2 is 2.26 bits per heavy atom. The van der Waals surface area contributed by atoms with Gasteiger partial charge >= 0.3 is 6.09 Å². The highest BCUT2D eigenvalue weighted by molar-refractivity contribution is 5.80. The molecule has 3 rings (SSSR count). The number of aromatic nitrogens is 4. The summed E-state index contributed by atoms with van der Waals surface area (Å²) in [7, 11) is 1.88. The molecule has 0 aliphatic carbocycles. The summed E-state index contributed by atoms with van der Waals surface area (Å²) in [5.74, 6) is 0. The monoisotopic (exact) mass is 311 g/mol. The van der Waals surface area contributed by atoms with Crippen LogP contribution < -0.4 is 5.32 Å². The molecule has 0 unspecified atom stereocenters. The van der Waals surface area contributed by atoms with E-state index in [0.29, 0.717) is 12.1 Å². The van der Waals surface area contributed by atoms with Crippen LogP contribution in [0.4, 0.5) is 4.79 Å². The van der Waals surface area contributed by atoms with Crippen molar-refractivity contribution in [3.8, 4) is 5.69 Å². The van der Waals surface area contributed by atoms with Gasteiger partial charge in [-0.25, -0.2) is 9.48 Å². The van der Waals surface area contributed by atoms with Gasteiger partial charge in [-0.05, 0) is 30.7 Å². The van der Waals surface area contributed by atoms with Gasteiger partial charge in [0.25, 0.3) is 0 Å². The second kappa shape index (κ2) is 5.96. The van der Waals surface area contributed by atoms with Gasteiger partial charge in [-0.3, -0.25) is 4.68 Å². The molecule has 7 heteroatoms. The van der Waals surface area contributed by atoms with Crippen molar-refractivity contribution in [2.75, 3.05) is 0 Å². The van der Waals surface area contributed by atoms with Crippen molar-refractivity contribution < 1.29 is 9.90 Å². The number of benzene rings is 1. The van der Waals surface area contributed by atoms with E-state index in [1.165, 1.54) is 0 Å². The Balaban J connectivity index is 1.92. The maximum Gasteiger partial charge on any atom is 0.405 e. The van der Waals surface area contributed by atoms with Gasteiger partial charge in [0.15, 0.2) is 0 Å². The van der Waals surface area contributed by atoms with E-state index in [4.69, 9.17) is 5.11 Å². The molecule has 0 aliphatic rings. The second-order valence-electron chi connectivity index (χ2n) is 5.26. The van der Waals surface area contributed by atoms with Crippen LogP contribution in [0, 0.1) is 0 Å². The first kappa shape index (κ1) is 14.8. The SMILES string of the molecule is C=CC[C@H](NC(=O)O)c1ccn(-c2ccc3nn(C)cc3c2)n1. The number of nitrogens with one attached hydrogen (secondary N) is 1. The molecule has 0 aliphatic heterocycles. The maximum absolute atomic E-state index is 10.9. The third-order valence-electron chi connectivity index (χ3n) is 3.53. The molecule has 7 nitrogen and oxygen atoms in total. The summed E-state index contributed by atoms with van der Waals surface area (Å²) in [6.07, 6.45) is 4.82. The van der Waals surface area contributed by atoms with E-state index in [1.807, 2.05) is 37.6 Å². The van der Waals surface area contributed by atoms with Crippen molar-refractivity contribution in [1.29, 1.82) is 0 Å². The van der Waals surface area contributed by atoms with Crippen LogP contribution in [0.2, 0.25) is 0 Å². The van der Waals surface area contributed by atoms with Crippen molar-refractivity contribution in [2.45, 2.75) is 12.5 Å². The maximum atomic E-state index is 10.9. The minimum atomic E-state index is -1.08. The Kier molecular flexibility index (Phi) is 3.84. The molecule has 0 radical (unpaired) electrons.